The largest absolute Gasteiger partial charge is 0.314 e. The fraction of sp³-hybridized carbons (Fsp3) is 0.429. The van der Waals surface area contributed by atoms with Gasteiger partial charge in [0.25, 0.3) is 0 Å². The van der Waals surface area contributed by atoms with E-state index in [4.69, 9.17) is 0 Å². The molecule has 0 radical (unpaired) electrons. The van der Waals surface area contributed by atoms with Gasteiger partial charge in [-0.05, 0) is 43.5 Å². The standard InChI is InChI=1S/C14H20FN/c1-3-5-6-14(16-4-2)11-12-7-9-13(15)10-8-12/h3,7-10,14,16H,1,4-6,11H2,2H3. The first-order chi connectivity index (χ1) is 7.76. The van der Waals surface area contributed by atoms with E-state index in [-0.39, 0.29) is 5.82 Å². The van der Waals surface area contributed by atoms with Gasteiger partial charge in [-0.2, -0.15) is 0 Å². The molecule has 16 heavy (non-hydrogen) atoms. The number of nitrogens with one attached hydrogen (secondary N) is 1. The van der Waals surface area contributed by atoms with Crippen molar-refractivity contribution in [1.82, 2.24) is 5.32 Å². The third-order valence-electron chi connectivity index (χ3n) is 2.61. The van der Waals surface area contributed by atoms with Crippen LogP contribution in [0, 0.1) is 5.82 Å². The molecule has 0 heterocycles. The molecule has 0 saturated heterocycles. The Hall–Kier alpha value is -1.15. The van der Waals surface area contributed by atoms with Crippen LogP contribution in [0.3, 0.4) is 0 Å². The molecule has 1 aromatic carbocycles. The number of halogens is 1. The van der Waals surface area contributed by atoms with E-state index in [1.165, 1.54) is 17.7 Å². The van der Waals surface area contributed by atoms with Gasteiger partial charge in [-0.3, -0.25) is 0 Å². The van der Waals surface area contributed by atoms with Crippen LogP contribution in [0.5, 0.6) is 0 Å². The molecule has 88 valence electrons. The Bertz CT molecular complexity index is 305. The SMILES string of the molecule is C=CCCC(Cc1ccc(F)cc1)NCC. The van der Waals surface area contributed by atoms with E-state index < -0.39 is 0 Å². The molecular weight excluding hydrogens is 201 g/mol. The van der Waals surface area contributed by atoms with E-state index in [9.17, 15) is 4.39 Å². The zero-order valence-electron chi connectivity index (χ0n) is 9.88. The highest BCUT2D eigenvalue weighted by Gasteiger charge is 2.07. The van der Waals surface area contributed by atoms with Crippen LogP contribution in [0.4, 0.5) is 4.39 Å². The van der Waals surface area contributed by atoms with Crippen LogP contribution in [0.25, 0.3) is 0 Å². The molecule has 1 aromatic rings. The minimum atomic E-state index is -0.171. The molecule has 0 aliphatic heterocycles. The van der Waals surface area contributed by atoms with Gasteiger partial charge >= 0.3 is 0 Å². The summed E-state index contributed by atoms with van der Waals surface area (Å²) in [6, 6.07) is 7.20. The minimum Gasteiger partial charge on any atom is -0.314 e. The van der Waals surface area contributed by atoms with Crippen molar-refractivity contribution < 1.29 is 4.39 Å². The summed E-state index contributed by atoms with van der Waals surface area (Å²) >= 11 is 0. The van der Waals surface area contributed by atoms with Gasteiger partial charge in [0.2, 0.25) is 0 Å². The third-order valence-corrected chi connectivity index (χ3v) is 2.61. The molecule has 1 nitrogen and oxygen atoms in total. The average Bonchev–Trinajstić information content (AvgIpc) is 2.29. The Morgan fingerprint density at radius 2 is 2.06 bits per heavy atom. The molecule has 0 aliphatic rings. The molecule has 2 heteroatoms. The lowest BCUT2D eigenvalue weighted by Crippen LogP contribution is -2.30. The fourth-order valence-electron chi connectivity index (χ4n) is 1.79. The van der Waals surface area contributed by atoms with Crippen LogP contribution in [0.1, 0.15) is 25.3 Å². The maximum atomic E-state index is 12.7. The van der Waals surface area contributed by atoms with Gasteiger partial charge in [0.15, 0.2) is 0 Å². The minimum absolute atomic E-state index is 0.171. The van der Waals surface area contributed by atoms with Gasteiger partial charge in [-0.1, -0.05) is 25.1 Å². The van der Waals surface area contributed by atoms with Gasteiger partial charge in [-0.25, -0.2) is 4.39 Å². The number of benzene rings is 1. The van der Waals surface area contributed by atoms with Crippen molar-refractivity contribution in [3.63, 3.8) is 0 Å². The summed E-state index contributed by atoms with van der Waals surface area (Å²) in [6.07, 6.45) is 4.98. The molecule has 1 N–H and O–H groups in total. The molecule has 0 aromatic heterocycles. The first-order valence-electron chi connectivity index (χ1n) is 5.85. The van der Waals surface area contributed by atoms with E-state index in [1.807, 2.05) is 18.2 Å². The van der Waals surface area contributed by atoms with E-state index in [0.717, 1.165) is 25.8 Å². The van der Waals surface area contributed by atoms with Crippen molar-refractivity contribution >= 4 is 0 Å². The van der Waals surface area contributed by atoms with Crippen molar-refractivity contribution in [2.75, 3.05) is 6.54 Å². The molecule has 0 saturated carbocycles. The quantitative estimate of drug-likeness (QED) is 0.696. The van der Waals surface area contributed by atoms with E-state index >= 15 is 0 Å². The Morgan fingerprint density at radius 3 is 2.62 bits per heavy atom. The predicted octanol–water partition coefficient (Wildman–Crippen LogP) is 3.31. The van der Waals surface area contributed by atoms with Crippen molar-refractivity contribution in [2.24, 2.45) is 0 Å². The molecule has 1 atom stereocenters. The second-order valence-corrected chi connectivity index (χ2v) is 3.95. The summed E-state index contributed by atoms with van der Waals surface area (Å²) in [6.45, 7) is 6.80. The van der Waals surface area contributed by atoms with Crippen LogP contribution in [0.15, 0.2) is 36.9 Å². The topological polar surface area (TPSA) is 12.0 Å². The van der Waals surface area contributed by atoms with Crippen molar-refractivity contribution in [3.05, 3.63) is 48.3 Å². The molecule has 0 fully saturated rings. The summed E-state index contributed by atoms with van der Waals surface area (Å²) in [4.78, 5) is 0. The van der Waals surface area contributed by atoms with E-state index in [1.54, 1.807) is 0 Å². The second kappa shape index (κ2) is 7.18. The third kappa shape index (κ3) is 4.58. The lowest BCUT2D eigenvalue weighted by atomic mass is 10.0. The van der Waals surface area contributed by atoms with Gasteiger partial charge < -0.3 is 5.32 Å². The maximum absolute atomic E-state index is 12.7. The maximum Gasteiger partial charge on any atom is 0.123 e. The van der Waals surface area contributed by atoms with Gasteiger partial charge in [0, 0.05) is 6.04 Å². The van der Waals surface area contributed by atoms with Crippen LogP contribution in [0.2, 0.25) is 0 Å². The lowest BCUT2D eigenvalue weighted by Gasteiger charge is -2.17. The molecule has 0 amide bonds. The Balaban J connectivity index is 2.52. The highest BCUT2D eigenvalue weighted by molar-refractivity contribution is 5.17. The Morgan fingerprint density at radius 1 is 1.38 bits per heavy atom. The number of likely N-dealkylation sites (N-methyl/N-ethyl adjacent to an activating group) is 1. The highest BCUT2D eigenvalue weighted by Crippen LogP contribution is 2.09. The number of rotatable bonds is 7. The fourth-order valence-corrected chi connectivity index (χ4v) is 1.79. The zero-order chi connectivity index (χ0) is 11.8. The molecule has 1 unspecified atom stereocenters. The molecule has 0 spiro atoms. The van der Waals surface area contributed by atoms with E-state index in [0.29, 0.717) is 6.04 Å². The Labute approximate surface area is 97.4 Å². The number of allylic oxidation sites excluding steroid dienone is 1. The summed E-state index contributed by atoms with van der Waals surface area (Å²) in [5.41, 5.74) is 1.18. The lowest BCUT2D eigenvalue weighted by molar-refractivity contribution is 0.494. The summed E-state index contributed by atoms with van der Waals surface area (Å²) in [5.74, 6) is -0.171. The summed E-state index contributed by atoms with van der Waals surface area (Å²) in [5, 5.41) is 3.44. The molecule has 0 bridgehead atoms. The first-order valence-corrected chi connectivity index (χ1v) is 5.85. The number of hydrogen-bond donors (Lipinski definition) is 1. The van der Waals surface area contributed by atoms with Crippen LogP contribution >= 0.6 is 0 Å². The monoisotopic (exact) mass is 221 g/mol. The van der Waals surface area contributed by atoms with Crippen LogP contribution in [-0.4, -0.2) is 12.6 Å². The van der Waals surface area contributed by atoms with Crippen molar-refractivity contribution in [1.29, 1.82) is 0 Å². The van der Waals surface area contributed by atoms with Gasteiger partial charge in [0.05, 0.1) is 0 Å². The zero-order valence-corrected chi connectivity index (χ0v) is 9.88. The molecule has 1 rings (SSSR count). The summed E-state index contributed by atoms with van der Waals surface area (Å²) < 4.78 is 12.7. The van der Waals surface area contributed by atoms with Crippen molar-refractivity contribution in [2.45, 2.75) is 32.2 Å². The van der Waals surface area contributed by atoms with Crippen LogP contribution < -0.4 is 5.32 Å². The predicted molar refractivity (Wildman–Crippen MR) is 67.0 cm³/mol. The number of hydrogen-bond acceptors (Lipinski definition) is 1. The Kier molecular flexibility index (Phi) is 5.79. The normalized spacial score (nSPS) is 12.4. The molecular formula is C14H20FN. The second-order valence-electron chi connectivity index (χ2n) is 3.95. The summed E-state index contributed by atoms with van der Waals surface area (Å²) in [7, 11) is 0. The first kappa shape index (κ1) is 12.9. The van der Waals surface area contributed by atoms with Gasteiger partial charge in [-0.15, -0.1) is 6.58 Å². The van der Waals surface area contributed by atoms with Crippen molar-refractivity contribution in [3.8, 4) is 0 Å². The van der Waals surface area contributed by atoms with Gasteiger partial charge in [0.1, 0.15) is 5.82 Å². The van der Waals surface area contributed by atoms with E-state index in [2.05, 4.69) is 18.8 Å². The smallest absolute Gasteiger partial charge is 0.123 e. The average molecular weight is 221 g/mol. The highest BCUT2D eigenvalue weighted by atomic mass is 19.1. The van der Waals surface area contributed by atoms with Crippen LogP contribution in [-0.2, 0) is 6.42 Å². The molecule has 0 aliphatic carbocycles.